The highest BCUT2D eigenvalue weighted by molar-refractivity contribution is 5.85. The molecule has 0 saturated carbocycles. The first-order chi connectivity index (χ1) is 10.5. The minimum absolute atomic E-state index is 0.00274. The van der Waals surface area contributed by atoms with E-state index in [0.29, 0.717) is 13.2 Å². The lowest BCUT2D eigenvalue weighted by Crippen LogP contribution is -2.48. The molecule has 1 amide bonds. The Morgan fingerprint density at radius 3 is 2.95 bits per heavy atom. The Hall–Kier alpha value is -1.88. The van der Waals surface area contributed by atoms with Gasteiger partial charge in [-0.15, -0.1) is 0 Å². The zero-order valence-corrected chi connectivity index (χ0v) is 13.0. The van der Waals surface area contributed by atoms with Crippen LogP contribution >= 0.6 is 0 Å². The summed E-state index contributed by atoms with van der Waals surface area (Å²) in [7, 11) is 1.78. The molecule has 2 heterocycles. The molecule has 0 bridgehead atoms. The molecule has 1 N–H and O–H groups in total. The fraction of sp³-hybridized carbons (Fsp3) is 0.471. The Morgan fingerprint density at radius 2 is 2.23 bits per heavy atom. The maximum Gasteiger partial charge on any atom is 0.254 e. The molecule has 2 aromatic rings. The van der Waals surface area contributed by atoms with Gasteiger partial charge in [-0.05, 0) is 50.5 Å². The molecule has 22 heavy (non-hydrogen) atoms. The summed E-state index contributed by atoms with van der Waals surface area (Å²) in [5.41, 5.74) is 1.04. The van der Waals surface area contributed by atoms with Crippen LogP contribution in [0.25, 0.3) is 10.9 Å². The van der Waals surface area contributed by atoms with Gasteiger partial charge in [0.2, 0.25) is 0 Å². The van der Waals surface area contributed by atoms with Crippen molar-refractivity contribution in [3.8, 4) is 0 Å². The van der Waals surface area contributed by atoms with Crippen molar-refractivity contribution in [2.45, 2.75) is 38.3 Å². The van der Waals surface area contributed by atoms with E-state index in [1.54, 1.807) is 18.0 Å². The van der Waals surface area contributed by atoms with E-state index in [2.05, 4.69) is 4.98 Å². The zero-order chi connectivity index (χ0) is 15.7. The molecule has 0 radical (unpaired) electrons. The van der Waals surface area contributed by atoms with E-state index in [1.807, 2.05) is 13.0 Å². The number of benzene rings is 1. The van der Waals surface area contributed by atoms with Gasteiger partial charge in [-0.25, -0.2) is 4.39 Å². The number of rotatable bonds is 3. The third-order valence-corrected chi connectivity index (χ3v) is 4.31. The number of nitrogens with zero attached hydrogens (tertiary/aromatic N) is 1. The van der Waals surface area contributed by atoms with Gasteiger partial charge in [0, 0.05) is 30.3 Å². The highest BCUT2D eigenvalue weighted by Crippen LogP contribution is 2.27. The smallest absolute Gasteiger partial charge is 0.254 e. The molecule has 118 valence electrons. The first-order valence-corrected chi connectivity index (χ1v) is 7.65. The van der Waals surface area contributed by atoms with E-state index in [1.165, 1.54) is 12.1 Å². The number of ether oxygens (including phenoxy) is 1. The molecule has 1 aromatic carbocycles. The zero-order valence-electron chi connectivity index (χ0n) is 13.0. The summed E-state index contributed by atoms with van der Waals surface area (Å²) >= 11 is 0. The van der Waals surface area contributed by atoms with Crippen LogP contribution in [0.3, 0.4) is 0 Å². The molecule has 1 aliphatic heterocycles. The third-order valence-electron chi connectivity index (χ3n) is 4.31. The molecule has 4 nitrogen and oxygen atoms in total. The minimum atomic E-state index is -0.717. The molecule has 1 saturated heterocycles. The van der Waals surface area contributed by atoms with Crippen molar-refractivity contribution in [1.29, 1.82) is 0 Å². The van der Waals surface area contributed by atoms with Crippen LogP contribution in [0.1, 0.15) is 31.9 Å². The van der Waals surface area contributed by atoms with Gasteiger partial charge in [0.15, 0.2) is 0 Å². The molecule has 5 heteroatoms. The van der Waals surface area contributed by atoms with Gasteiger partial charge in [0.05, 0.1) is 6.54 Å². The van der Waals surface area contributed by atoms with Crippen molar-refractivity contribution >= 4 is 16.8 Å². The number of amides is 1. The first kappa shape index (κ1) is 15.0. The monoisotopic (exact) mass is 304 g/mol. The second-order valence-corrected chi connectivity index (χ2v) is 6.22. The number of carbonyl (C=O) groups excluding carboxylic acids is 1. The van der Waals surface area contributed by atoms with E-state index in [-0.39, 0.29) is 11.7 Å². The van der Waals surface area contributed by atoms with Gasteiger partial charge in [-0.1, -0.05) is 0 Å². The van der Waals surface area contributed by atoms with Crippen molar-refractivity contribution < 1.29 is 13.9 Å². The van der Waals surface area contributed by atoms with Crippen LogP contribution < -0.4 is 0 Å². The van der Waals surface area contributed by atoms with E-state index < -0.39 is 5.60 Å². The molecule has 1 aliphatic rings. The fourth-order valence-corrected chi connectivity index (χ4v) is 3.08. The maximum absolute atomic E-state index is 13.2. The standard InChI is InChI=1S/C17H21FN2O2/c1-17(7-3-4-8-22-17)16(21)20(2)11-14-10-12-9-13(18)5-6-15(12)19-14/h5-6,9-10,19H,3-4,7-8,11H2,1-2H3/t17-/m0/s1. The molecule has 0 aliphatic carbocycles. The molecular weight excluding hydrogens is 283 g/mol. The summed E-state index contributed by atoms with van der Waals surface area (Å²) in [5.74, 6) is -0.261. The van der Waals surface area contributed by atoms with Crippen LogP contribution in [0.5, 0.6) is 0 Å². The van der Waals surface area contributed by atoms with E-state index >= 15 is 0 Å². The van der Waals surface area contributed by atoms with E-state index in [9.17, 15) is 9.18 Å². The van der Waals surface area contributed by atoms with Crippen LogP contribution in [-0.4, -0.2) is 35.0 Å². The number of hydrogen-bond acceptors (Lipinski definition) is 2. The number of halogens is 1. The van der Waals surface area contributed by atoms with E-state index in [0.717, 1.165) is 35.9 Å². The molecule has 3 rings (SSSR count). The summed E-state index contributed by atoms with van der Waals surface area (Å²) < 4.78 is 18.9. The average molecular weight is 304 g/mol. The first-order valence-electron chi connectivity index (χ1n) is 7.65. The Bertz CT molecular complexity index is 689. The number of carbonyl (C=O) groups is 1. The van der Waals surface area contributed by atoms with Crippen LogP contribution in [-0.2, 0) is 16.1 Å². The fourth-order valence-electron chi connectivity index (χ4n) is 3.08. The number of aromatic nitrogens is 1. The van der Waals surface area contributed by atoms with Crippen molar-refractivity contribution in [2.75, 3.05) is 13.7 Å². The van der Waals surface area contributed by atoms with Gasteiger partial charge >= 0.3 is 0 Å². The lowest BCUT2D eigenvalue weighted by molar-refractivity contribution is -0.161. The number of likely N-dealkylation sites (N-methyl/N-ethyl adjacent to an activating group) is 1. The highest BCUT2D eigenvalue weighted by Gasteiger charge is 2.38. The molecule has 0 unspecified atom stereocenters. The van der Waals surface area contributed by atoms with Crippen molar-refractivity contribution in [3.63, 3.8) is 0 Å². The van der Waals surface area contributed by atoms with Crippen LogP contribution in [0.2, 0.25) is 0 Å². The topological polar surface area (TPSA) is 45.3 Å². The van der Waals surface area contributed by atoms with Crippen LogP contribution in [0.15, 0.2) is 24.3 Å². The number of hydrogen-bond donors (Lipinski definition) is 1. The summed E-state index contributed by atoms with van der Waals surface area (Å²) in [6.07, 6.45) is 2.79. The number of aromatic amines is 1. The Morgan fingerprint density at radius 1 is 1.41 bits per heavy atom. The highest BCUT2D eigenvalue weighted by atomic mass is 19.1. The number of H-pyrrole nitrogens is 1. The summed E-state index contributed by atoms with van der Waals surface area (Å²) in [6, 6.07) is 6.50. The summed E-state index contributed by atoms with van der Waals surface area (Å²) in [6.45, 7) is 2.96. The lowest BCUT2D eigenvalue weighted by Gasteiger charge is -2.35. The maximum atomic E-state index is 13.2. The van der Waals surface area contributed by atoms with Crippen molar-refractivity contribution in [2.24, 2.45) is 0 Å². The van der Waals surface area contributed by atoms with Gasteiger partial charge in [-0.3, -0.25) is 4.79 Å². The third kappa shape index (κ3) is 2.86. The van der Waals surface area contributed by atoms with Crippen molar-refractivity contribution in [1.82, 2.24) is 9.88 Å². The largest absolute Gasteiger partial charge is 0.365 e. The predicted molar refractivity (Wildman–Crippen MR) is 82.9 cm³/mol. The quantitative estimate of drug-likeness (QED) is 0.946. The second kappa shape index (κ2) is 5.72. The van der Waals surface area contributed by atoms with Crippen LogP contribution in [0.4, 0.5) is 4.39 Å². The summed E-state index contributed by atoms with van der Waals surface area (Å²) in [5, 5.41) is 0.816. The van der Waals surface area contributed by atoms with Gasteiger partial charge < -0.3 is 14.6 Å². The van der Waals surface area contributed by atoms with Gasteiger partial charge in [0.25, 0.3) is 5.91 Å². The van der Waals surface area contributed by atoms with Crippen molar-refractivity contribution in [3.05, 3.63) is 35.8 Å². The number of nitrogens with one attached hydrogen (secondary N) is 1. The predicted octanol–water partition coefficient (Wildman–Crippen LogP) is 3.22. The van der Waals surface area contributed by atoms with Crippen LogP contribution in [0, 0.1) is 5.82 Å². The molecule has 1 atom stereocenters. The Labute approximate surface area is 129 Å². The van der Waals surface area contributed by atoms with Gasteiger partial charge in [-0.2, -0.15) is 0 Å². The number of fused-ring (bicyclic) bond motifs is 1. The summed E-state index contributed by atoms with van der Waals surface area (Å²) in [4.78, 5) is 17.5. The lowest BCUT2D eigenvalue weighted by atomic mass is 9.94. The SMILES string of the molecule is CN(Cc1cc2cc(F)ccc2[nH]1)C(=O)[C@]1(C)CCCCO1. The Kier molecular flexibility index (Phi) is 3.91. The Balaban J connectivity index is 1.74. The van der Waals surface area contributed by atoms with Gasteiger partial charge in [0.1, 0.15) is 11.4 Å². The normalized spacial score (nSPS) is 22.0. The second-order valence-electron chi connectivity index (χ2n) is 6.22. The average Bonchev–Trinajstić information content (AvgIpc) is 2.88. The van der Waals surface area contributed by atoms with E-state index in [4.69, 9.17) is 4.74 Å². The molecule has 0 spiro atoms. The minimum Gasteiger partial charge on any atom is -0.365 e. The molecule has 1 aromatic heterocycles. The molecular formula is C17H21FN2O2. The molecule has 1 fully saturated rings.